The van der Waals surface area contributed by atoms with Crippen molar-refractivity contribution in [1.29, 1.82) is 0 Å². The van der Waals surface area contributed by atoms with E-state index in [1.165, 1.54) is 0 Å². The minimum absolute atomic E-state index is 0.0969. The number of nitrogens with zero attached hydrogens (tertiary/aromatic N) is 1. The molecule has 1 fully saturated rings. The second kappa shape index (κ2) is 5.37. The van der Waals surface area contributed by atoms with Gasteiger partial charge in [-0.25, -0.2) is 0 Å². The molecule has 2 nitrogen and oxygen atoms in total. The van der Waals surface area contributed by atoms with Crippen LogP contribution >= 0.6 is 0 Å². The lowest BCUT2D eigenvalue weighted by Crippen LogP contribution is -2.57. The molecule has 1 rings (SSSR count). The van der Waals surface area contributed by atoms with Crippen LogP contribution in [0.25, 0.3) is 0 Å². The minimum atomic E-state index is -4.06. The number of halogens is 3. The maximum absolute atomic E-state index is 12.8. The van der Waals surface area contributed by atoms with Gasteiger partial charge in [0.15, 0.2) is 0 Å². The van der Waals surface area contributed by atoms with Gasteiger partial charge < -0.3 is 10.2 Å². The lowest BCUT2D eigenvalue weighted by molar-refractivity contribution is -0.187. The molecule has 1 aliphatic carbocycles. The summed E-state index contributed by atoms with van der Waals surface area (Å²) in [5, 5.41) is 3.35. The summed E-state index contributed by atoms with van der Waals surface area (Å²) in [6, 6.07) is 0.0863. The third-order valence-electron chi connectivity index (χ3n) is 3.56. The van der Waals surface area contributed by atoms with Gasteiger partial charge in [-0.2, -0.15) is 13.2 Å². The SMILES string of the molecule is CN(C)[C@H]1CC[C@@H](C(F)(F)F)C[C@@H]1NC(C)(C)C. The Morgan fingerprint density at radius 2 is 1.61 bits per heavy atom. The van der Waals surface area contributed by atoms with Crippen LogP contribution < -0.4 is 5.32 Å². The number of hydrogen-bond acceptors (Lipinski definition) is 2. The van der Waals surface area contributed by atoms with Crippen molar-refractivity contribution in [2.45, 2.75) is 63.8 Å². The largest absolute Gasteiger partial charge is 0.391 e. The Bertz CT molecular complexity index is 268. The first-order chi connectivity index (χ1) is 8.00. The molecule has 108 valence electrons. The lowest BCUT2D eigenvalue weighted by atomic mass is 9.80. The number of rotatable bonds is 2. The second-order valence-corrected chi connectivity index (χ2v) is 6.58. The predicted octanol–water partition coefficient (Wildman–Crippen LogP) is 3.04. The van der Waals surface area contributed by atoms with Crippen molar-refractivity contribution in [1.82, 2.24) is 10.2 Å². The first-order valence-electron chi connectivity index (χ1n) is 6.51. The maximum Gasteiger partial charge on any atom is 0.391 e. The average Bonchev–Trinajstić information content (AvgIpc) is 2.12. The molecule has 0 spiro atoms. The quantitative estimate of drug-likeness (QED) is 0.826. The van der Waals surface area contributed by atoms with E-state index < -0.39 is 12.1 Å². The number of nitrogens with one attached hydrogen (secondary N) is 1. The zero-order valence-corrected chi connectivity index (χ0v) is 11.9. The molecule has 0 radical (unpaired) electrons. The molecule has 1 saturated carbocycles. The Kier molecular flexibility index (Phi) is 4.70. The minimum Gasteiger partial charge on any atom is -0.308 e. The van der Waals surface area contributed by atoms with E-state index in [-0.39, 0.29) is 30.5 Å². The van der Waals surface area contributed by atoms with Gasteiger partial charge in [0.1, 0.15) is 0 Å². The molecule has 0 bridgehead atoms. The Labute approximate surface area is 108 Å². The van der Waals surface area contributed by atoms with Crippen LogP contribution in [0.3, 0.4) is 0 Å². The fourth-order valence-corrected chi connectivity index (χ4v) is 2.78. The molecule has 0 amide bonds. The van der Waals surface area contributed by atoms with E-state index in [1.807, 2.05) is 39.8 Å². The monoisotopic (exact) mass is 266 g/mol. The molecule has 0 aliphatic heterocycles. The molecule has 1 N–H and O–H groups in total. The zero-order valence-electron chi connectivity index (χ0n) is 11.9. The Hall–Kier alpha value is -0.290. The van der Waals surface area contributed by atoms with Crippen molar-refractivity contribution in [3.8, 4) is 0 Å². The van der Waals surface area contributed by atoms with Gasteiger partial charge in [0.05, 0.1) is 5.92 Å². The first kappa shape index (κ1) is 15.8. The summed E-state index contributed by atoms with van der Waals surface area (Å²) >= 11 is 0. The summed E-state index contributed by atoms with van der Waals surface area (Å²) in [5.74, 6) is -1.16. The molecule has 5 heteroatoms. The molecule has 1 aliphatic rings. The first-order valence-corrected chi connectivity index (χ1v) is 6.51. The van der Waals surface area contributed by atoms with Crippen LogP contribution in [0.4, 0.5) is 13.2 Å². The normalized spacial score (nSPS) is 30.8. The van der Waals surface area contributed by atoms with Gasteiger partial charge in [0, 0.05) is 17.6 Å². The lowest BCUT2D eigenvalue weighted by Gasteiger charge is -2.43. The summed E-state index contributed by atoms with van der Waals surface area (Å²) in [5.41, 5.74) is -0.160. The highest BCUT2D eigenvalue weighted by molar-refractivity contribution is 4.94. The topological polar surface area (TPSA) is 15.3 Å². The van der Waals surface area contributed by atoms with Crippen molar-refractivity contribution in [3.63, 3.8) is 0 Å². The van der Waals surface area contributed by atoms with Crippen molar-refractivity contribution in [3.05, 3.63) is 0 Å². The zero-order chi connectivity index (χ0) is 14.1. The molecule has 0 aromatic heterocycles. The van der Waals surface area contributed by atoms with Crippen LogP contribution in [0.2, 0.25) is 0 Å². The fourth-order valence-electron chi connectivity index (χ4n) is 2.78. The van der Waals surface area contributed by atoms with E-state index in [0.717, 1.165) is 0 Å². The second-order valence-electron chi connectivity index (χ2n) is 6.58. The molecule has 0 unspecified atom stereocenters. The van der Waals surface area contributed by atoms with Gasteiger partial charge in [-0.3, -0.25) is 0 Å². The van der Waals surface area contributed by atoms with Gasteiger partial charge in [0.25, 0.3) is 0 Å². The van der Waals surface area contributed by atoms with Gasteiger partial charge in [0.2, 0.25) is 0 Å². The number of hydrogen-bond donors (Lipinski definition) is 1. The summed E-state index contributed by atoms with van der Waals surface area (Å²) in [7, 11) is 3.88. The summed E-state index contributed by atoms with van der Waals surface area (Å²) < 4.78 is 38.5. The molecular weight excluding hydrogens is 241 g/mol. The van der Waals surface area contributed by atoms with Gasteiger partial charge in [-0.1, -0.05) is 0 Å². The van der Waals surface area contributed by atoms with Crippen molar-refractivity contribution in [2.24, 2.45) is 5.92 Å². The van der Waals surface area contributed by atoms with Crippen LogP contribution in [0.1, 0.15) is 40.0 Å². The third kappa shape index (κ3) is 4.43. The molecule has 0 heterocycles. The maximum atomic E-state index is 12.8. The Morgan fingerprint density at radius 3 is 2.00 bits per heavy atom. The van der Waals surface area contributed by atoms with Crippen LogP contribution in [-0.2, 0) is 0 Å². The van der Waals surface area contributed by atoms with Gasteiger partial charge in [-0.05, 0) is 54.1 Å². The molecule has 0 aromatic rings. The van der Waals surface area contributed by atoms with Crippen LogP contribution in [0.15, 0.2) is 0 Å². The summed E-state index contributed by atoms with van der Waals surface area (Å²) in [6.07, 6.45) is -3.03. The Balaban J connectivity index is 2.77. The molecule has 0 aromatic carbocycles. The average molecular weight is 266 g/mol. The smallest absolute Gasteiger partial charge is 0.308 e. The number of alkyl halides is 3. The molecule has 3 atom stereocenters. The molecule has 0 saturated heterocycles. The van der Waals surface area contributed by atoms with E-state index in [1.54, 1.807) is 0 Å². The van der Waals surface area contributed by atoms with Crippen molar-refractivity contribution >= 4 is 0 Å². The highest BCUT2D eigenvalue weighted by Crippen LogP contribution is 2.39. The van der Waals surface area contributed by atoms with Crippen molar-refractivity contribution < 1.29 is 13.2 Å². The molecular formula is C13H25F3N2. The molecule has 18 heavy (non-hydrogen) atoms. The van der Waals surface area contributed by atoms with E-state index in [2.05, 4.69) is 5.32 Å². The van der Waals surface area contributed by atoms with E-state index in [9.17, 15) is 13.2 Å². The summed E-state index contributed by atoms with van der Waals surface area (Å²) in [6.45, 7) is 5.99. The Morgan fingerprint density at radius 1 is 1.06 bits per heavy atom. The highest BCUT2D eigenvalue weighted by Gasteiger charge is 2.45. The van der Waals surface area contributed by atoms with Gasteiger partial charge in [-0.15, -0.1) is 0 Å². The fraction of sp³-hybridized carbons (Fsp3) is 1.00. The van der Waals surface area contributed by atoms with Crippen LogP contribution in [-0.4, -0.2) is 42.8 Å². The van der Waals surface area contributed by atoms with Crippen LogP contribution in [0, 0.1) is 5.92 Å². The third-order valence-corrected chi connectivity index (χ3v) is 3.56. The number of likely N-dealkylation sites (N-methyl/N-ethyl adjacent to an activating group) is 1. The van der Waals surface area contributed by atoms with E-state index in [4.69, 9.17) is 0 Å². The van der Waals surface area contributed by atoms with Crippen molar-refractivity contribution in [2.75, 3.05) is 14.1 Å². The predicted molar refractivity (Wildman–Crippen MR) is 67.5 cm³/mol. The standard InChI is InChI=1S/C13H25F3N2/c1-12(2,3)17-10-8-9(13(14,15)16)6-7-11(10)18(4)5/h9-11,17H,6-8H2,1-5H3/t9-,10+,11+/m1/s1. The van der Waals surface area contributed by atoms with Crippen LogP contribution in [0.5, 0.6) is 0 Å². The van der Waals surface area contributed by atoms with E-state index in [0.29, 0.717) is 6.42 Å². The van der Waals surface area contributed by atoms with E-state index >= 15 is 0 Å². The summed E-state index contributed by atoms with van der Waals surface area (Å²) in [4.78, 5) is 2.04. The van der Waals surface area contributed by atoms with Gasteiger partial charge >= 0.3 is 6.18 Å². The highest BCUT2D eigenvalue weighted by atomic mass is 19.4.